The second-order valence-corrected chi connectivity index (χ2v) is 7.25. The first kappa shape index (κ1) is 17.5. The van der Waals surface area contributed by atoms with Gasteiger partial charge in [-0.25, -0.2) is 0 Å². The van der Waals surface area contributed by atoms with Crippen molar-refractivity contribution in [3.8, 4) is 11.4 Å². The van der Waals surface area contributed by atoms with Crippen molar-refractivity contribution in [1.29, 1.82) is 0 Å². The first-order valence-electron chi connectivity index (χ1n) is 9.33. The van der Waals surface area contributed by atoms with E-state index in [0.29, 0.717) is 24.7 Å². The van der Waals surface area contributed by atoms with Gasteiger partial charge < -0.3 is 9.42 Å². The Balaban J connectivity index is 1.42. The fourth-order valence-electron chi connectivity index (χ4n) is 3.51. The van der Waals surface area contributed by atoms with Crippen molar-refractivity contribution in [3.63, 3.8) is 0 Å². The van der Waals surface area contributed by atoms with Crippen LogP contribution in [0, 0.1) is 13.8 Å². The molecule has 0 spiro atoms. The Hall–Kier alpha value is -2.95. The van der Waals surface area contributed by atoms with E-state index >= 15 is 0 Å². The van der Waals surface area contributed by atoms with Gasteiger partial charge in [0.2, 0.25) is 17.6 Å². The molecule has 1 saturated heterocycles. The zero-order valence-corrected chi connectivity index (χ0v) is 15.7. The monoisotopic (exact) mass is 361 g/mol. The quantitative estimate of drug-likeness (QED) is 0.691. The summed E-state index contributed by atoms with van der Waals surface area (Å²) in [6, 6.07) is 16.4. The van der Waals surface area contributed by atoms with Crippen molar-refractivity contribution >= 4 is 5.91 Å². The van der Waals surface area contributed by atoms with Crippen LogP contribution in [-0.4, -0.2) is 34.0 Å². The van der Waals surface area contributed by atoms with Crippen molar-refractivity contribution in [2.24, 2.45) is 0 Å². The number of hydrogen-bond donors (Lipinski definition) is 0. The van der Waals surface area contributed by atoms with Gasteiger partial charge in [-0.3, -0.25) is 4.79 Å². The number of nitrogens with zero attached hydrogens (tertiary/aromatic N) is 3. The molecular weight excluding hydrogens is 338 g/mol. The van der Waals surface area contributed by atoms with Crippen LogP contribution in [0.4, 0.5) is 0 Å². The van der Waals surface area contributed by atoms with E-state index in [1.165, 1.54) is 11.1 Å². The fourth-order valence-corrected chi connectivity index (χ4v) is 3.51. The van der Waals surface area contributed by atoms with E-state index in [1.54, 1.807) is 0 Å². The highest BCUT2D eigenvalue weighted by molar-refractivity contribution is 5.79. The molecule has 1 atom stereocenters. The number of amides is 1. The number of benzene rings is 2. The Morgan fingerprint density at radius 1 is 1.11 bits per heavy atom. The van der Waals surface area contributed by atoms with Crippen LogP contribution < -0.4 is 0 Å². The lowest BCUT2D eigenvalue weighted by atomic mass is 10.1. The summed E-state index contributed by atoms with van der Waals surface area (Å²) >= 11 is 0. The average Bonchev–Trinajstić information content (AvgIpc) is 3.29. The molecule has 5 heteroatoms. The molecule has 1 aliphatic heterocycles. The molecule has 1 amide bonds. The van der Waals surface area contributed by atoms with Crippen LogP contribution in [0.5, 0.6) is 0 Å². The summed E-state index contributed by atoms with van der Waals surface area (Å²) in [5.74, 6) is 1.27. The molecule has 2 aromatic carbocycles. The highest BCUT2D eigenvalue weighted by Crippen LogP contribution is 2.29. The first-order chi connectivity index (χ1) is 13.1. The minimum absolute atomic E-state index is 0.0270. The largest absolute Gasteiger partial charge is 0.342 e. The first-order valence-corrected chi connectivity index (χ1v) is 9.33. The lowest BCUT2D eigenvalue weighted by molar-refractivity contribution is -0.127. The molecular formula is C22H23N3O2. The minimum Gasteiger partial charge on any atom is -0.342 e. The van der Waals surface area contributed by atoms with Crippen LogP contribution in [0.2, 0.25) is 0 Å². The Labute approximate surface area is 159 Å². The van der Waals surface area contributed by atoms with Crippen molar-refractivity contribution in [3.05, 3.63) is 71.1 Å². The summed E-state index contributed by atoms with van der Waals surface area (Å²) < 4.78 is 5.49. The topological polar surface area (TPSA) is 59.2 Å². The molecule has 1 unspecified atom stereocenters. The number of aryl methyl sites for hydroxylation is 2. The lowest BCUT2D eigenvalue weighted by Gasteiger charge is -2.15. The molecule has 1 aromatic heterocycles. The van der Waals surface area contributed by atoms with Gasteiger partial charge in [-0.1, -0.05) is 59.3 Å². The number of carbonyl (C=O) groups excluding carboxylic acids is 1. The molecule has 0 aliphatic carbocycles. The minimum atomic E-state index is -0.0270. The summed E-state index contributed by atoms with van der Waals surface area (Å²) in [6.07, 6.45) is 1.29. The van der Waals surface area contributed by atoms with E-state index in [-0.39, 0.29) is 11.8 Å². The van der Waals surface area contributed by atoms with Crippen LogP contribution >= 0.6 is 0 Å². The summed E-state index contributed by atoms with van der Waals surface area (Å²) in [4.78, 5) is 18.9. The predicted molar refractivity (Wildman–Crippen MR) is 103 cm³/mol. The van der Waals surface area contributed by atoms with Gasteiger partial charge in [0.05, 0.1) is 5.92 Å². The maximum atomic E-state index is 12.4. The molecule has 2 heterocycles. The smallest absolute Gasteiger partial charge is 0.232 e. The molecule has 0 bridgehead atoms. The van der Waals surface area contributed by atoms with E-state index in [9.17, 15) is 4.79 Å². The van der Waals surface area contributed by atoms with Crippen molar-refractivity contribution in [2.75, 3.05) is 13.1 Å². The van der Waals surface area contributed by atoms with Gasteiger partial charge in [-0.15, -0.1) is 0 Å². The van der Waals surface area contributed by atoms with Crippen LogP contribution in [0.3, 0.4) is 0 Å². The SMILES string of the molecule is Cc1ccc(CCN2CC(c3nc(-c4ccccc4C)no3)CC2=O)cc1. The molecule has 1 fully saturated rings. The van der Waals surface area contributed by atoms with Gasteiger partial charge in [0, 0.05) is 25.1 Å². The maximum Gasteiger partial charge on any atom is 0.232 e. The van der Waals surface area contributed by atoms with Gasteiger partial charge in [-0.2, -0.15) is 4.98 Å². The number of likely N-dealkylation sites (tertiary alicyclic amines) is 1. The van der Waals surface area contributed by atoms with Crippen LogP contribution in [0.1, 0.15) is 34.9 Å². The highest BCUT2D eigenvalue weighted by Gasteiger charge is 2.34. The second kappa shape index (κ2) is 7.35. The van der Waals surface area contributed by atoms with E-state index in [4.69, 9.17) is 4.52 Å². The van der Waals surface area contributed by atoms with Crippen molar-refractivity contribution in [2.45, 2.75) is 32.6 Å². The summed E-state index contributed by atoms with van der Waals surface area (Å²) in [7, 11) is 0. The standard InChI is InChI=1S/C22H23N3O2/c1-15-7-9-17(10-8-15)11-12-25-14-18(13-20(25)26)22-23-21(24-27-22)19-6-4-3-5-16(19)2/h3-10,18H,11-14H2,1-2H3. The third kappa shape index (κ3) is 3.77. The van der Waals surface area contributed by atoms with Crippen molar-refractivity contribution in [1.82, 2.24) is 15.0 Å². The van der Waals surface area contributed by atoms with E-state index in [0.717, 1.165) is 24.1 Å². The van der Waals surface area contributed by atoms with E-state index < -0.39 is 0 Å². The number of rotatable bonds is 5. The van der Waals surface area contributed by atoms with Gasteiger partial charge in [0.15, 0.2) is 0 Å². The Kier molecular flexibility index (Phi) is 4.75. The molecule has 138 valence electrons. The van der Waals surface area contributed by atoms with Crippen molar-refractivity contribution < 1.29 is 9.32 Å². The lowest BCUT2D eigenvalue weighted by Crippen LogP contribution is -2.27. The van der Waals surface area contributed by atoms with Crippen LogP contribution in [0.15, 0.2) is 53.1 Å². The maximum absolute atomic E-state index is 12.4. The van der Waals surface area contributed by atoms with E-state index in [2.05, 4.69) is 41.3 Å². The number of carbonyl (C=O) groups is 1. The molecule has 1 aliphatic rings. The van der Waals surface area contributed by atoms with Gasteiger partial charge in [0.25, 0.3) is 0 Å². The Bertz CT molecular complexity index is 946. The fraction of sp³-hybridized carbons (Fsp3) is 0.318. The summed E-state index contributed by atoms with van der Waals surface area (Å²) in [5.41, 5.74) is 4.56. The molecule has 4 rings (SSSR count). The molecule has 5 nitrogen and oxygen atoms in total. The molecule has 3 aromatic rings. The predicted octanol–water partition coefficient (Wildman–Crippen LogP) is 3.91. The molecule has 27 heavy (non-hydrogen) atoms. The zero-order chi connectivity index (χ0) is 18.8. The average molecular weight is 361 g/mol. The summed E-state index contributed by atoms with van der Waals surface area (Å²) in [5, 5.41) is 4.13. The van der Waals surface area contributed by atoms with Crippen LogP contribution in [-0.2, 0) is 11.2 Å². The third-order valence-electron chi connectivity index (χ3n) is 5.18. The van der Waals surface area contributed by atoms with E-state index in [1.807, 2.05) is 36.1 Å². The highest BCUT2D eigenvalue weighted by atomic mass is 16.5. The normalized spacial score (nSPS) is 16.9. The molecule has 0 saturated carbocycles. The molecule has 0 N–H and O–H groups in total. The number of aromatic nitrogens is 2. The third-order valence-corrected chi connectivity index (χ3v) is 5.18. The Morgan fingerprint density at radius 2 is 1.89 bits per heavy atom. The second-order valence-electron chi connectivity index (χ2n) is 7.25. The van der Waals surface area contributed by atoms with Gasteiger partial charge >= 0.3 is 0 Å². The molecule has 0 radical (unpaired) electrons. The summed E-state index contributed by atoms with van der Waals surface area (Å²) in [6.45, 7) is 5.46. The van der Waals surface area contributed by atoms with Gasteiger partial charge in [-0.05, 0) is 31.4 Å². The zero-order valence-electron chi connectivity index (χ0n) is 15.7. The Morgan fingerprint density at radius 3 is 2.67 bits per heavy atom. The number of hydrogen-bond acceptors (Lipinski definition) is 4. The van der Waals surface area contributed by atoms with Gasteiger partial charge in [0.1, 0.15) is 0 Å². The van der Waals surface area contributed by atoms with Crippen LogP contribution in [0.25, 0.3) is 11.4 Å².